The van der Waals surface area contributed by atoms with Crippen LogP contribution in [0.5, 0.6) is 0 Å². The monoisotopic (exact) mass is 317 g/mol. The number of nitrogens with zero attached hydrogens (tertiary/aromatic N) is 3. The van der Waals surface area contributed by atoms with Gasteiger partial charge in [0.2, 0.25) is 5.95 Å². The molecular weight excluding hydrogens is 303 g/mol. The molecule has 0 saturated heterocycles. The van der Waals surface area contributed by atoms with Crippen LogP contribution in [0.25, 0.3) is 0 Å². The number of thiazole rings is 1. The Kier molecular flexibility index (Phi) is 4.61. The van der Waals surface area contributed by atoms with Gasteiger partial charge in [0.15, 0.2) is 5.69 Å². The van der Waals surface area contributed by atoms with Crippen molar-refractivity contribution < 1.29 is 13.2 Å². The van der Waals surface area contributed by atoms with Crippen molar-refractivity contribution in [2.75, 3.05) is 17.2 Å². The van der Waals surface area contributed by atoms with Crippen LogP contribution in [-0.2, 0) is 12.7 Å². The van der Waals surface area contributed by atoms with Gasteiger partial charge in [-0.15, -0.1) is 11.3 Å². The molecule has 0 atom stereocenters. The summed E-state index contributed by atoms with van der Waals surface area (Å²) in [5, 5.41) is 8.19. The van der Waals surface area contributed by atoms with Gasteiger partial charge < -0.3 is 10.6 Å². The molecule has 2 aromatic heterocycles. The van der Waals surface area contributed by atoms with Crippen LogP contribution in [-0.4, -0.2) is 21.5 Å². The van der Waals surface area contributed by atoms with Crippen molar-refractivity contribution in [3.05, 3.63) is 27.8 Å². The quantitative estimate of drug-likeness (QED) is 0.886. The van der Waals surface area contributed by atoms with Gasteiger partial charge in [0.1, 0.15) is 10.8 Å². The second kappa shape index (κ2) is 6.25. The van der Waals surface area contributed by atoms with Crippen LogP contribution in [0.3, 0.4) is 0 Å². The molecule has 2 N–H and O–H groups in total. The summed E-state index contributed by atoms with van der Waals surface area (Å²) >= 11 is 1.44. The third kappa shape index (κ3) is 4.28. The highest BCUT2D eigenvalue weighted by Gasteiger charge is 2.33. The number of aryl methyl sites for hydroxylation is 1. The summed E-state index contributed by atoms with van der Waals surface area (Å²) in [4.78, 5) is 11.7. The number of hydrogen-bond acceptors (Lipinski definition) is 6. The number of halogens is 3. The van der Waals surface area contributed by atoms with E-state index in [4.69, 9.17) is 0 Å². The maximum atomic E-state index is 12.8. The second-order valence-corrected chi connectivity index (χ2v) is 5.17. The van der Waals surface area contributed by atoms with Crippen LogP contribution in [0.15, 0.2) is 11.4 Å². The Labute approximate surface area is 123 Å². The van der Waals surface area contributed by atoms with Crippen LogP contribution in [0.2, 0.25) is 0 Å². The molecule has 0 bridgehead atoms. The van der Waals surface area contributed by atoms with Crippen molar-refractivity contribution >= 4 is 23.1 Å². The van der Waals surface area contributed by atoms with Gasteiger partial charge >= 0.3 is 6.18 Å². The molecule has 5 nitrogen and oxygen atoms in total. The van der Waals surface area contributed by atoms with Gasteiger partial charge in [-0.2, -0.15) is 18.2 Å². The minimum atomic E-state index is -4.51. The number of nitrogens with one attached hydrogen (secondary N) is 2. The third-order valence-corrected chi connectivity index (χ3v) is 3.41. The lowest BCUT2D eigenvalue weighted by molar-refractivity contribution is -0.141. The number of alkyl halides is 3. The minimum Gasteiger partial charge on any atom is -0.363 e. The molecule has 0 unspecified atom stereocenters. The maximum absolute atomic E-state index is 12.8. The summed E-state index contributed by atoms with van der Waals surface area (Å²) < 4.78 is 38.4. The van der Waals surface area contributed by atoms with Gasteiger partial charge in [-0.25, -0.2) is 9.97 Å². The summed E-state index contributed by atoms with van der Waals surface area (Å²) in [5.74, 6) is 0.0614. The van der Waals surface area contributed by atoms with E-state index in [0.29, 0.717) is 13.1 Å². The predicted octanol–water partition coefficient (Wildman–Crippen LogP) is 3.30. The molecule has 0 aliphatic carbocycles. The zero-order valence-electron chi connectivity index (χ0n) is 11.5. The Morgan fingerprint density at radius 2 is 1.95 bits per heavy atom. The highest BCUT2D eigenvalue weighted by atomic mass is 32.1. The second-order valence-electron chi connectivity index (χ2n) is 4.23. The smallest absolute Gasteiger partial charge is 0.363 e. The largest absolute Gasteiger partial charge is 0.433 e. The van der Waals surface area contributed by atoms with Gasteiger partial charge in [-0.05, 0) is 13.8 Å². The fourth-order valence-corrected chi connectivity index (χ4v) is 2.28. The molecule has 0 aliphatic heterocycles. The Bertz CT molecular complexity index is 611. The van der Waals surface area contributed by atoms with Gasteiger partial charge in [0.25, 0.3) is 0 Å². The van der Waals surface area contributed by atoms with Gasteiger partial charge in [0, 0.05) is 23.7 Å². The van der Waals surface area contributed by atoms with Gasteiger partial charge in [-0.1, -0.05) is 0 Å². The maximum Gasteiger partial charge on any atom is 0.433 e. The SMILES string of the molecule is CCNc1nc(NCc2nc(C)cs2)cc(C(F)(F)F)n1. The molecule has 2 rings (SSSR count). The number of rotatable bonds is 5. The molecule has 2 aromatic rings. The summed E-state index contributed by atoms with van der Waals surface area (Å²) in [5.41, 5.74) is -0.102. The van der Waals surface area contributed by atoms with Crippen LogP contribution in [0.4, 0.5) is 24.9 Å². The van der Waals surface area contributed by atoms with E-state index < -0.39 is 11.9 Å². The molecule has 0 spiro atoms. The van der Waals surface area contributed by atoms with E-state index in [9.17, 15) is 13.2 Å². The van der Waals surface area contributed by atoms with E-state index in [0.717, 1.165) is 16.8 Å². The average molecular weight is 317 g/mol. The zero-order chi connectivity index (χ0) is 15.5. The van der Waals surface area contributed by atoms with Gasteiger partial charge in [-0.3, -0.25) is 0 Å². The Balaban J connectivity index is 2.19. The van der Waals surface area contributed by atoms with E-state index in [2.05, 4.69) is 25.6 Å². The highest BCUT2D eigenvalue weighted by molar-refractivity contribution is 7.09. The molecule has 9 heteroatoms. The van der Waals surface area contributed by atoms with Crippen molar-refractivity contribution in [1.29, 1.82) is 0 Å². The molecule has 0 aliphatic rings. The lowest BCUT2D eigenvalue weighted by atomic mass is 10.3. The molecule has 0 saturated carbocycles. The van der Waals surface area contributed by atoms with Crippen molar-refractivity contribution in [1.82, 2.24) is 15.0 Å². The van der Waals surface area contributed by atoms with Crippen molar-refractivity contribution in [3.63, 3.8) is 0 Å². The molecule has 0 radical (unpaired) electrons. The summed E-state index contributed by atoms with van der Waals surface area (Å²) in [6, 6.07) is 0.890. The Hall–Kier alpha value is -1.90. The fourth-order valence-electron chi connectivity index (χ4n) is 1.57. The van der Waals surface area contributed by atoms with E-state index in [1.807, 2.05) is 12.3 Å². The first-order valence-electron chi connectivity index (χ1n) is 6.23. The first kappa shape index (κ1) is 15.5. The fraction of sp³-hybridized carbons (Fsp3) is 0.417. The first-order valence-corrected chi connectivity index (χ1v) is 7.11. The standard InChI is InChI=1S/C12H14F3N5S/c1-3-16-11-19-8(12(13,14)15)4-9(20-11)17-5-10-18-7(2)6-21-10/h4,6H,3,5H2,1-2H3,(H2,16,17,19,20). The van der Waals surface area contributed by atoms with E-state index in [1.165, 1.54) is 11.3 Å². The zero-order valence-corrected chi connectivity index (χ0v) is 12.3. The molecule has 114 valence electrons. The molecule has 0 fully saturated rings. The summed E-state index contributed by atoms with van der Waals surface area (Å²) in [7, 11) is 0. The topological polar surface area (TPSA) is 62.7 Å². The van der Waals surface area contributed by atoms with Gasteiger partial charge in [0.05, 0.1) is 6.54 Å². The number of hydrogen-bond donors (Lipinski definition) is 2. The molecule has 2 heterocycles. The Morgan fingerprint density at radius 3 is 2.52 bits per heavy atom. The van der Waals surface area contributed by atoms with Crippen LogP contribution >= 0.6 is 11.3 Å². The van der Waals surface area contributed by atoms with Crippen molar-refractivity contribution in [3.8, 4) is 0 Å². The lowest BCUT2D eigenvalue weighted by Gasteiger charge is -2.11. The molecule has 21 heavy (non-hydrogen) atoms. The van der Waals surface area contributed by atoms with Crippen LogP contribution in [0, 0.1) is 6.92 Å². The molecule has 0 aromatic carbocycles. The predicted molar refractivity (Wildman–Crippen MR) is 75.4 cm³/mol. The molecular formula is C12H14F3N5S. The first-order chi connectivity index (χ1) is 9.88. The van der Waals surface area contributed by atoms with Crippen molar-refractivity contribution in [2.24, 2.45) is 0 Å². The average Bonchev–Trinajstić information content (AvgIpc) is 2.81. The van der Waals surface area contributed by atoms with Crippen molar-refractivity contribution in [2.45, 2.75) is 26.6 Å². The third-order valence-electron chi connectivity index (χ3n) is 2.44. The summed E-state index contributed by atoms with van der Waals surface area (Å²) in [6.45, 7) is 4.37. The minimum absolute atomic E-state index is 0.0508. The van der Waals surface area contributed by atoms with E-state index in [1.54, 1.807) is 6.92 Å². The van der Waals surface area contributed by atoms with E-state index >= 15 is 0 Å². The highest BCUT2D eigenvalue weighted by Crippen LogP contribution is 2.29. The lowest BCUT2D eigenvalue weighted by Crippen LogP contribution is -2.14. The summed E-state index contributed by atoms with van der Waals surface area (Å²) in [6.07, 6.45) is -4.51. The Morgan fingerprint density at radius 1 is 1.19 bits per heavy atom. The van der Waals surface area contributed by atoms with Crippen LogP contribution in [0.1, 0.15) is 23.3 Å². The van der Waals surface area contributed by atoms with E-state index in [-0.39, 0.29) is 11.8 Å². The normalized spacial score (nSPS) is 11.5. The molecule has 0 amide bonds. The number of anilines is 2. The van der Waals surface area contributed by atoms with Crippen LogP contribution < -0.4 is 10.6 Å². The number of aromatic nitrogens is 3.